The molecule has 0 aromatic carbocycles. The Hall–Kier alpha value is -0.520. The molecule has 3 aliphatic rings. The van der Waals surface area contributed by atoms with E-state index in [1.807, 2.05) is 11.1 Å². The Labute approximate surface area is 93.5 Å². The zero-order valence-corrected chi connectivity index (χ0v) is 10.4. The quantitative estimate of drug-likeness (QED) is 0.548. The van der Waals surface area contributed by atoms with E-state index in [9.17, 15) is 0 Å². The van der Waals surface area contributed by atoms with Crippen molar-refractivity contribution >= 4 is 0 Å². The second-order valence-electron chi connectivity index (χ2n) is 6.12. The molecule has 0 amide bonds. The van der Waals surface area contributed by atoms with Crippen molar-refractivity contribution in [1.82, 2.24) is 0 Å². The fourth-order valence-corrected chi connectivity index (χ4v) is 3.87. The van der Waals surface area contributed by atoms with E-state index >= 15 is 0 Å². The first-order valence-corrected chi connectivity index (χ1v) is 6.53. The fraction of sp³-hybridized carbons (Fsp3) is 0.733. The fourth-order valence-electron chi connectivity index (χ4n) is 3.87. The van der Waals surface area contributed by atoms with Crippen molar-refractivity contribution in [2.75, 3.05) is 0 Å². The molecule has 0 bridgehead atoms. The third-order valence-corrected chi connectivity index (χ3v) is 5.38. The summed E-state index contributed by atoms with van der Waals surface area (Å²) in [6.45, 7) is 9.71. The highest BCUT2D eigenvalue weighted by atomic mass is 14.5. The molecule has 0 heterocycles. The number of allylic oxidation sites excluding steroid dienone is 4. The van der Waals surface area contributed by atoms with Crippen LogP contribution >= 0.6 is 0 Å². The van der Waals surface area contributed by atoms with Gasteiger partial charge >= 0.3 is 0 Å². The average molecular weight is 202 g/mol. The smallest absolute Gasteiger partial charge is 0.00910 e. The van der Waals surface area contributed by atoms with E-state index in [2.05, 4.69) is 27.7 Å². The van der Waals surface area contributed by atoms with Gasteiger partial charge in [-0.15, -0.1) is 0 Å². The van der Waals surface area contributed by atoms with Crippen LogP contribution in [0.15, 0.2) is 22.3 Å². The monoisotopic (exact) mass is 202 g/mol. The van der Waals surface area contributed by atoms with Gasteiger partial charge in [0.25, 0.3) is 0 Å². The lowest BCUT2D eigenvalue weighted by Crippen LogP contribution is -2.07. The lowest BCUT2D eigenvalue weighted by molar-refractivity contribution is 0.457. The van der Waals surface area contributed by atoms with Gasteiger partial charge in [0.1, 0.15) is 0 Å². The number of fused-ring (bicyclic) bond motifs is 1. The van der Waals surface area contributed by atoms with Gasteiger partial charge in [-0.05, 0) is 54.1 Å². The van der Waals surface area contributed by atoms with Crippen molar-refractivity contribution in [2.45, 2.75) is 47.0 Å². The molecule has 15 heavy (non-hydrogen) atoms. The highest BCUT2D eigenvalue weighted by molar-refractivity contribution is 5.53. The van der Waals surface area contributed by atoms with Gasteiger partial charge in [0.15, 0.2) is 0 Å². The van der Waals surface area contributed by atoms with Gasteiger partial charge in [-0.2, -0.15) is 0 Å². The molecule has 0 N–H and O–H groups in total. The summed E-state index contributed by atoms with van der Waals surface area (Å²) in [5.41, 5.74) is 7.21. The normalized spacial score (nSPS) is 44.0. The van der Waals surface area contributed by atoms with Gasteiger partial charge in [0, 0.05) is 0 Å². The van der Waals surface area contributed by atoms with Gasteiger partial charge in [0.05, 0.1) is 0 Å². The number of hydrogen-bond donors (Lipinski definition) is 0. The van der Waals surface area contributed by atoms with Crippen LogP contribution < -0.4 is 0 Å². The molecule has 0 saturated heterocycles. The minimum absolute atomic E-state index is 0.855. The third kappa shape index (κ3) is 1.14. The maximum atomic E-state index is 2.43. The summed E-state index contributed by atoms with van der Waals surface area (Å²) < 4.78 is 0. The molecule has 0 nitrogen and oxygen atoms in total. The Morgan fingerprint density at radius 3 is 1.53 bits per heavy atom. The highest BCUT2D eigenvalue weighted by Crippen LogP contribution is 2.55. The molecule has 0 aliphatic heterocycles. The van der Waals surface area contributed by atoms with Crippen LogP contribution in [-0.2, 0) is 0 Å². The Morgan fingerprint density at radius 2 is 1.13 bits per heavy atom. The van der Waals surface area contributed by atoms with Crippen LogP contribution in [0, 0.1) is 23.7 Å². The van der Waals surface area contributed by atoms with Crippen LogP contribution in [0.2, 0.25) is 0 Å². The number of rotatable bonds is 0. The van der Waals surface area contributed by atoms with Gasteiger partial charge < -0.3 is 0 Å². The second-order valence-corrected chi connectivity index (χ2v) is 6.12. The molecular formula is C15H22. The molecule has 0 radical (unpaired) electrons. The average Bonchev–Trinajstić information content (AvgIpc) is 2.75. The van der Waals surface area contributed by atoms with Crippen molar-refractivity contribution in [3.8, 4) is 0 Å². The predicted octanol–water partition coefficient (Wildman–Crippen LogP) is 4.34. The maximum Gasteiger partial charge on any atom is -0.00910 e. The van der Waals surface area contributed by atoms with Crippen LogP contribution in [0.1, 0.15) is 47.0 Å². The Morgan fingerprint density at radius 1 is 0.733 bits per heavy atom. The van der Waals surface area contributed by atoms with Gasteiger partial charge in [0.2, 0.25) is 0 Å². The van der Waals surface area contributed by atoms with E-state index < -0.39 is 0 Å². The molecule has 0 saturated carbocycles. The van der Waals surface area contributed by atoms with Crippen molar-refractivity contribution < 1.29 is 0 Å². The molecule has 82 valence electrons. The zero-order chi connectivity index (χ0) is 10.7. The van der Waals surface area contributed by atoms with Crippen LogP contribution in [0.4, 0.5) is 0 Å². The molecule has 0 spiro atoms. The molecule has 3 rings (SSSR count). The second kappa shape index (κ2) is 2.99. The van der Waals surface area contributed by atoms with Gasteiger partial charge in [-0.25, -0.2) is 0 Å². The zero-order valence-electron chi connectivity index (χ0n) is 10.4. The van der Waals surface area contributed by atoms with E-state index in [0.29, 0.717) is 0 Å². The van der Waals surface area contributed by atoms with E-state index in [0.717, 1.165) is 23.7 Å². The van der Waals surface area contributed by atoms with Crippen LogP contribution in [0.5, 0.6) is 0 Å². The Balaban J connectivity index is 1.96. The van der Waals surface area contributed by atoms with Crippen molar-refractivity contribution in [2.24, 2.45) is 23.7 Å². The first-order valence-electron chi connectivity index (χ1n) is 6.53. The molecule has 0 fully saturated rings. The molecule has 4 atom stereocenters. The largest absolute Gasteiger partial charge is 0.0616 e. The molecular weight excluding hydrogens is 180 g/mol. The van der Waals surface area contributed by atoms with Crippen LogP contribution in [0.25, 0.3) is 0 Å². The van der Waals surface area contributed by atoms with E-state index in [4.69, 9.17) is 0 Å². The lowest BCUT2D eigenvalue weighted by Gasteiger charge is -2.18. The van der Waals surface area contributed by atoms with Crippen molar-refractivity contribution in [3.63, 3.8) is 0 Å². The Bertz CT molecular complexity index is 333. The van der Waals surface area contributed by atoms with Gasteiger partial charge in [-0.3, -0.25) is 0 Å². The minimum atomic E-state index is 0.855. The standard InChI is InChI=1S/C15H22/c1-8-5-14-12(10(8)3)7-13-11(4)9(2)6-15(13)14/h8-11H,5-7H2,1-4H3/t8-,9+,10-,11+. The Kier molecular flexibility index (Phi) is 1.93. The predicted molar refractivity (Wildman–Crippen MR) is 64.6 cm³/mol. The minimum Gasteiger partial charge on any atom is -0.0616 e. The SMILES string of the molecule is C[C@@H]1CC2=C(CC3=C2C[C@H](C)[C@@H]3C)[C@@H]1C. The molecule has 0 heteroatoms. The summed E-state index contributed by atoms with van der Waals surface area (Å²) in [6, 6.07) is 0. The summed E-state index contributed by atoms with van der Waals surface area (Å²) >= 11 is 0. The first-order chi connectivity index (χ1) is 7.09. The summed E-state index contributed by atoms with van der Waals surface area (Å²) in [5.74, 6) is 3.51. The van der Waals surface area contributed by atoms with Gasteiger partial charge in [-0.1, -0.05) is 38.8 Å². The maximum absolute atomic E-state index is 2.43. The van der Waals surface area contributed by atoms with Crippen molar-refractivity contribution in [1.29, 1.82) is 0 Å². The molecule has 0 aromatic rings. The summed E-state index contributed by atoms with van der Waals surface area (Å²) in [4.78, 5) is 0. The summed E-state index contributed by atoms with van der Waals surface area (Å²) in [5, 5.41) is 0. The van der Waals surface area contributed by atoms with Crippen LogP contribution in [0.3, 0.4) is 0 Å². The molecule has 3 aliphatic carbocycles. The lowest BCUT2D eigenvalue weighted by atomic mass is 9.87. The van der Waals surface area contributed by atoms with E-state index in [-0.39, 0.29) is 0 Å². The van der Waals surface area contributed by atoms with E-state index in [1.165, 1.54) is 19.3 Å². The van der Waals surface area contributed by atoms with Crippen molar-refractivity contribution in [3.05, 3.63) is 22.3 Å². The van der Waals surface area contributed by atoms with Crippen LogP contribution in [-0.4, -0.2) is 0 Å². The first kappa shape index (κ1) is 9.69. The highest BCUT2D eigenvalue weighted by Gasteiger charge is 2.41. The number of hydrogen-bond acceptors (Lipinski definition) is 0. The summed E-state index contributed by atoms with van der Waals surface area (Å²) in [6.07, 6.45) is 4.07. The third-order valence-electron chi connectivity index (χ3n) is 5.38. The van der Waals surface area contributed by atoms with E-state index in [1.54, 1.807) is 11.1 Å². The molecule has 0 unspecified atom stereocenters. The topological polar surface area (TPSA) is 0 Å². The molecule has 0 aromatic heterocycles. The summed E-state index contributed by atoms with van der Waals surface area (Å²) in [7, 11) is 0.